The van der Waals surface area contributed by atoms with Crippen LogP contribution in [0.4, 0.5) is 5.69 Å². The Morgan fingerprint density at radius 2 is 1.88 bits per heavy atom. The molecule has 0 spiro atoms. The van der Waals surface area contributed by atoms with Crippen molar-refractivity contribution in [3.8, 4) is 0 Å². The van der Waals surface area contributed by atoms with Crippen molar-refractivity contribution < 1.29 is 9.59 Å². The van der Waals surface area contributed by atoms with Gasteiger partial charge in [0.1, 0.15) is 0 Å². The van der Waals surface area contributed by atoms with Gasteiger partial charge in [-0.25, -0.2) is 5.43 Å². The van der Waals surface area contributed by atoms with E-state index in [-0.39, 0.29) is 18.2 Å². The molecule has 0 aliphatic heterocycles. The second-order valence-corrected chi connectivity index (χ2v) is 7.21. The third kappa shape index (κ3) is 6.30. The molecule has 0 radical (unpaired) electrons. The lowest BCUT2D eigenvalue weighted by Crippen LogP contribution is -2.21. The van der Waals surface area contributed by atoms with Crippen LogP contribution in [0.2, 0.25) is 10.0 Å². The summed E-state index contributed by atoms with van der Waals surface area (Å²) in [6.45, 7) is 1.66. The normalized spacial score (nSPS) is 11.1. The van der Waals surface area contributed by atoms with Crippen LogP contribution < -0.4 is 10.7 Å². The SMILES string of the molecule is C/C(CC(=O)Nc1ccc(Cl)c(Cl)c1)=N/NC(=O)c1cccc(I)c1. The maximum Gasteiger partial charge on any atom is 0.271 e. The number of carbonyl (C=O) groups excluding carboxylic acids is 2. The summed E-state index contributed by atoms with van der Waals surface area (Å²) in [5.74, 6) is -0.606. The van der Waals surface area contributed by atoms with E-state index in [1.165, 1.54) is 0 Å². The van der Waals surface area contributed by atoms with E-state index in [2.05, 4.69) is 38.4 Å². The van der Waals surface area contributed by atoms with E-state index in [4.69, 9.17) is 23.2 Å². The standard InChI is InChI=1S/C17H14Cl2IN3O2/c1-10(22-23-17(25)11-3-2-4-12(20)8-11)7-16(24)21-13-5-6-14(18)15(19)9-13/h2-6,8-9H,7H2,1H3,(H,21,24)(H,23,25)/b22-10-. The number of benzene rings is 2. The summed E-state index contributed by atoms with van der Waals surface area (Å²) in [7, 11) is 0. The Balaban J connectivity index is 1.90. The zero-order chi connectivity index (χ0) is 18.4. The molecule has 0 atom stereocenters. The number of hydrogen-bond acceptors (Lipinski definition) is 3. The van der Waals surface area contributed by atoms with Gasteiger partial charge in [-0.2, -0.15) is 5.10 Å². The molecule has 0 heterocycles. The van der Waals surface area contributed by atoms with E-state index >= 15 is 0 Å². The van der Waals surface area contributed by atoms with Crippen LogP contribution in [-0.2, 0) is 4.79 Å². The van der Waals surface area contributed by atoms with Gasteiger partial charge in [0, 0.05) is 20.5 Å². The highest BCUT2D eigenvalue weighted by molar-refractivity contribution is 14.1. The summed E-state index contributed by atoms with van der Waals surface area (Å²) in [5, 5.41) is 7.41. The van der Waals surface area contributed by atoms with Gasteiger partial charge in [0.2, 0.25) is 5.91 Å². The molecule has 5 nitrogen and oxygen atoms in total. The first-order valence-corrected chi connectivity index (χ1v) is 9.02. The van der Waals surface area contributed by atoms with Crippen molar-refractivity contribution in [1.29, 1.82) is 0 Å². The van der Waals surface area contributed by atoms with Crippen LogP contribution in [0.3, 0.4) is 0 Å². The molecular formula is C17H14Cl2IN3O2. The quantitative estimate of drug-likeness (QED) is 0.362. The van der Waals surface area contributed by atoms with Crippen molar-refractivity contribution in [1.82, 2.24) is 5.43 Å². The number of carbonyl (C=O) groups is 2. The molecule has 0 aliphatic carbocycles. The molecule has 0 aliphatic rings. The number of nitrogens with one attached hydrogen (secondary N) is 2. The minimum Gasteiger partial charge on any atom is -0.326 e. The van der Waals surface area contributed by atoms with Gasteiger partial charge in [-0.3, -0.25) is 9.59 Å². The molecule has 0 bridgehead atoms. The molecule has 25 heavy (non-hydrogen) atoms. The second kappa shape index (κ2) is 9.17. The molecule has 2 aromatic rings. The molecule has 2 rings (SSSR count). The van der Waals surface area contributed by atoms with Crippen molar-refractivity contribution in [2.75, 3.05) is 5.32 Å². The number of amides is 2. The smallest absolute Gasteiger partial charge is 0.271 e. The summed E-state index contributed by atoms with van der Waals surface area (Å²) < 4.78 is 0.951. The predicted molar refractivity (Wildman–Crippen MR) is 109 cm³/mol. The maximum absolute atomic E-state index is 12.0. The topological polar surface area (TPSA) is 70.6 Å². The molecule has 0 saturated heterocycles. The largest absolute Gasteiger partial charge is 0.326 e. The number of rotatable bonds is 5. The second-order valence-electron chi connectivity index (χ2n) is 5.15. The van der Waals surface area contributed by atoms with Gasteiger partial charge in [-0.1, -0.05) is 29.3 Å². The summed E-state index contributed by atoms with van der Waals surface area (Å²) >= 11 is 13.9. The lowest BCUT2D eigenvalue weighted by molar-refractivity contribution is -0.115. The van der Waals surface area contributed by atoms with Crippen molar-refractivity contribution >= 4 is 69.0 Å². The predicted octanol–water partition coefficient (Wildman–Crippen LogP) is 4.73. The van der Waals surface area contributed by atoms with E-state index in [1.807, 2.05) is 6.07 Å². The molecule has 2 aromatic carbocycles. The molecule has 0 unspecified atom stereocenters. The Bertz CT molecular complexity index is 840. The lowest BCUT2D eigenvalue weighted by atomic mass is 10.2. The van der Waals surface area contributed by atoms with Gasteiger partial charge in [0.15, 0.2) is 0 Å². The Labute approximate surface area is 168 Å². The van der Waals surface area contributed by atoms with E-state index in [9.17, 15) is 9.59 Å². The minimum atomic E-state index is -0.331. The van der Waals surface area contributed by atoms with Crippen LogP contribution in [0.1, 0.15) is 23.7 Å². The molecule has 2 amide bonds. The Morgan fingerprint density at radius 1 is 1.12 bits per heavy atom. The number of anilines is 1. The van der Waals surface area contributed by atoms with Gasteiger partial charge >= 0.3 is 0 Å². The zero-order valence-electron chi connectivity index (χ0n) is 13.1. The zero-order valence-corrected chi connectivity index (χ0v) is 16.8. The van der Waals surface area contributed by atoms with E-state index < -0.39 is 0 Å². The summed E-state index contributed by atoms with van der Waals surface area (Å²) in [6.07, 6.45) is 0.0346. The van der Waals surface area contributed by atoms with Crippen molar-refractivity contribution in [2.45, 2.75) is 13.3 Å². The molecular weight excluding hydrogens is 476 g/mol. The highest BCUT2D eigenvalue weighted by Gasteiger charge is 2.08. The first-order valence-electron chi connectivity index (χ1n) is 7.19. The molecule has 2 N–H and O–H groups in total. The highest BCUT2D eigenvalue weighted by Crippen LogP contribution is 2.25. The number of hydrazone groups is 1. The number of hydrogen-bond donors (Lipinski definition) is 2. The Morgan fingerprint density at radius 3 is 2.56 bits per heavy atom. The van der Waals surface area contributed by atoms with Crippen LogP contribution in [0.5, 0.6) is 0 Å². The van der Waals surface area contributed by atoms with Crippen LogP contribution in [-0.4, -0.2) is 17.5 Å². The third-order valence-electron chi connectivity index (χ3n) is 3.05. The first-order chi connectivity index (χ1) is 11.8. The van der Waals surface area contributed by atoms with E-state index in [0.29, 0.717) is 27.0 Å². The van der Waals surface area contributed by atoms with Gasteiger partial charge < -0.3 is 5.32 Å². The highest BCUT2D eigenvalue weighted by atomic mass is 127. The van der Waals surface area contributed by atoms with Crippen molar-refractivity contribution in [2.24, 2.45) is 5.10 Å². The monoisotopic (exact) mass is 489 g/mol. The Hall–Kier alpha value is -1.64. The molecule has 130 valence electrons. The van der Waals surface area contributed by atoms with E-state index in [0.717, 1.165) is 3.57 Å². The fraction of sp³-hybridized carbons (Fsp3) is 0.118. The molecule has 0 fully saturated rings. The van der Waals surface area contributed by atoms with Gasteiger partial charge in [-0.15, -0.1) is 0 Å². The summed E-state index contributed by atoms with van der Waals surface area (Å²) in [5.41, 5.74) is 3.95. The average Bonchev–Trinajstić information content (AvgIpc) is 2.56. The Kier molecular flexibility index (Phi) is 7.22. The fourth-order valence-corrected chi connectivity index (χ4v) is 2.73. The van der Waals surface area contributed by atoms with Crippen molar-refractivity contribution in [3.63, 3.8) is 0 Å². The van der Waals surface area contributed by atoms with E-state index in [1.54, 1.807) is 43.3 Å². The van der Waals surface area contributed by atoms with Crippen LogP contribution in [0.15, 0.2) is 47.6 Å². The minimum absolute atomic E-state index is 0.0346. The average molecular weight is 490 g/mol. The van der Waals surface area contributed by atoms with Crippen molar-refractivity contribution in [3.05, 3.63) is 61.6 Å². The van der Waals surface area contributed by atoms with Crippen LogP contribution in [0.25, 0.3) is 0 Å². The molecule has 8 heteroatoms. The first kappa shape index (κ1) is 19.7. The van der Waals surface area contributed by atoms with Crippen LogP contribution >= 0.6 is 45.8 Å². The third-order valence-corrected chi connectivity index (χ3v) is 4.46. The summed E-state index contributed by atoms with van der Waals surface area (Å²) in [6, 6.07) is 11.9. The summed E-state index contributed by atoms with van der Waals surface area (Å²) in [4.78, 5) is 24.0. The van der Waals surface area contributed by atoms with Crippen LogP contribution in [0, 0.1) is 3.57 Å². The number of nitrogens with zero attached hydrogens (tertiary/aromatic N) is 1. The van der Waals surface area contributed by atoms with Gasteiger partial charge in [-0.05, 0) is 65.9 Å². The maximum atomic E-state index is 12.0. The fourth-order valence-electron chi connectivity index (χ4n) is 1.89. The van der Waals surface area contributed by atoms with Gasteiger partial charge in [0.05, 0.1) is 16.5 Å². The number of halogens is 3. The molecule has 0 saturated carbocycles. The molecule has 0 aromatic heterocycles. The lowest BCUT2D eigenvalue weighted by Gasteiger charge is -2.07. The van der Waals surface area contributed by atoms with Gasteiger partial charge in [0.25, 0.3) is 5.91 Å².